The molecule has 1 aromatic heterocycles. The maximum Gasteiger partial charge on any atom is 0.325 e. The summed E-state index contributed by atoms with van der Waals surface area (Å²) in [7, 11) is 0. The molecule has 0 unspecified atom stereocenters. The number of halogens is 1. The Labute approximate surface area is 151 Å². The first-order valence-electron chi connectivity index (χ1n) is 8.30. The van der Waals surface area contributed by atoms with Gasteiger partial charge in [0, 0.05) is 17.3 Å². The Kier molecular flexibility index (Phi) is 7.18. The van der Waals surface area contributed by atoms with E-state index in [0.717, 1.165) is 19.3 Å². The molecule has 136 valence electrons. The minimum atomic E-state index is -0.692. The van der Waals surface area contributed by atoms with Crippen molar-refractivity contribution in [3.8, 4) is 0 Å². The minimum Gasteiger partial charge on any atom is -0.454 e. The first-order valence-corrected chi connectivity index (χ1v) is 8.68. The Morgan fingerprint density at radius 1 is 1.32 bits per heavy atom. The molecule has 0 spiro atoms. The molecule has 1 saturated carbocycles. The second kappa shape index (κ2) is 9.36. The molecule has 2 amide bonds. The summed E-state index contributed by atoms with van der Waals surface area (Å²) in [5.74, 6) is -1.13. The summed E-state index contributed by atoms with van der Waals surface area (Å²) < 4.78 is 4.88. The third-order valence-corrected chi connectivity index (χ3v) is 4.41. The zero-order valence-electron chi connectivity index (χ0n) is 14.1. The first-order chi connectivity index (χ1) is 12.0. The van der Waals surface area contributed by atoms with Crippen LogP contribution in [0.15, 0.2) is 18.3 Å². The summed E-state index contributed by atoms with van der Waals surface area (Å²) in [5.41, 5.74) is 0.101. The molecular weight excluding hydrogens is 346 g/mol. The van der Waals surface area contributed by atoms with Gasteiger partial charge in [-0.25, -0.2) is 0 Å². The van der Waals surface area contributed by atoms with E-state index in [9.17, 15) is 14.4 Å². The van der Waals surface area contributed by atoms with Crippen molar-refractivity contribution >= 4 is 29.4 Å². The number of rotatable bonds is 6. The Balaban J connectivity index is 1.68. The van der Waals surface area contributed by atoms with Gasteiger partial charge >= 0.3 is 5.97 Å². The average Bonchev–Trinajstić information content (AvgIpc) is 2.60. The molecule has 1 aromatic rings. The van der Waals surface area contributed by atoms with E-state index in [4.69, 9.17) is 16.3 Å². The maximum absolute atomic E-state index is 11.9. The highest BCUT2D eigenvalue weighted by molar-refractivity contribution is 6.30. The zero-order chi connectivity index (χ0) is 18.2. The number of esters is 1. The first kappa shape index (κ1) is 19.2. The highest BCUT2D eigenvalue weighted by atomic mass is 35.5. The Bertz CT molecular complexity index is 638. The summed E-state index contributed by atoms with van der Waals surface area (Å²) in [6.07, 6.45) is 5.71. The van der Waals surface area contributed by atoms with Crippen LogP contribution in [0.5, 0.6) is 0 Å². The maximum atomic E-state index is 11.9. The molecular formula is C17H22ClN3O4. The third kappa shape index (κ3) is 6.34. The van der Waals surface area contributed by atoms with Gasteiger partial charge in [-0.2, -0.15) is 0 Å². The van der Waals surface area contributed by atoms with Crippen molar-refractivity contribution in [1.29, 1.82) is 0 Å². The molecule has 2 N–H and O–H groups in total. The van der Waals surface area contributed by atoms with Gasteiger partial charge in [0.25, 0.3) is 11.8 Å². The Morgan fingerprint density at radius 3 is 2.80 bits per heavy atom. The molecule has 2 rings (SSSR count). The minimum absolute atomic E-state index is 0.101. The molecule has 0 bridgehead atoms. The quantitative estimate of drug-likeness (QED) is 0.746. The van der Waals surface area contributed by atoms with Crippen molar-refractivity contribution in [2.24, 2.45) is 5.92 Å². The van der Waals surface area contributed by atoms with Crippen molar-refractivity contribution in [2.75, 3.05) is 13.2 Å². The lowest BCUT2D eigenvalue weighted by molar-refractivity contribution is -0.147. The number of pyridine rings is 1. The lowest BCUT2D eigenvalue weighted by atomic mass is 9.86. The summed E-state index contributed by atoms with van der Waals surface area (Å²) in [4.78, 5) is 39.2. The smallest absolute Gasteiger partial charge is 0.325 e. The molecule has 0 saturated heterocycles. The normalized spacial score (nSPS) is 19.8. The number of hydrogen-bond acceptors (Lipinski definition) is 5. The second-order valence-electron chi connectivity index (χ2n) is 6.14. The van der Waals surface area contributed by atoms with E-state index in [0.29, 0.717) is 10.9 Å². The number of amides is 2. The van der Waals surface area contributed by atoms with Gasteiger partial charge < -0.3 is 15.4 Å². The van der Waals surface area contributed by atoms with Gasteiger partial charge in [-0.1, -0.05) is 31.4 Å². The van der Waals surface area contributed by atoms with Crippen molar-refractivity contribution in [3.63, 3.8) is 0 Å². The number of hydrogen-bond donors (Lipinski definition) is 2. The average molecular weight is 368 g/mol. The van der Waals surface area contributed by atoms with Gasteiger partial charge in [-0.05, 0) is 30.9 Å². The number of ether oxygens (including phenoxy) is 1. The van der Waals surface area contributed by atoms with Crippen LogP contribution in [0.4, 0.5) is 0 Å². The van der Waals surface area contributed by atoms with E-state index < -0.39 is 11.9 Å². The number of nitrogens with one attached hydrogen (secondary N) is 2. The molecule has 1 fully saturated rings. The van der Waals surface area contributed by atoms with E-state index in [2.05, 4.69) is 22.5 Å². The highest BCUT2D eigenvalue weighted by Crippen LogP contribution is 2.23. The van der Waals surface area contributed by atoms with Gasteiger partial charge in [0.1, 0.15) is 12.2 Å². The fourth-order valence-electron chi connectivity index (χ4n) is 2.75. The topological polar surface area (TPSA) is 97.4 Å². The number of carbonyl (C=O) groups excluding carboxylic acids is 3. The number of aromatic nitrogens is 1. The molecule has 1 heterocycles. The third-order valence-electron chi connectivity index (χ3n) is 4.17. The fourth-order valence-corrected chi connectivity index (χ4v) is 2.91. The van der Waals surface area contributed by atoms with Gasteiger partial charge in [-0.15, -0.1) is 0 Å². The van der Waals surface area contributed by atoms with Crippen LogP contribution in [0, 0.1) is 5.92 Å². The van der Waals surface area contributed by atoms with E-state index in [1.165, 1.54) is 18.7 Å². The standard InChI is InChI=1S/C17H22ClN3O4/c1-11-4-2-3-5-13(11)21-15(22)10-25-16(23)9-20-17(24)14-8-12(18)6-7-19-14/h6-8,11,13H,2-5,9-10H2,1H3,(H,20,24)(H,21,22)/t11-,13+/m0/s1. The summed E-state index contributed by atoms with van der Waals surface area (Å²) >= 11 is 5.77. The summed E-state index contributed by atoms with van der Waals surface area (Å²) in [6, 6.07) is 3.06. The van der Waals surface area contributed by atoms with Crippen LogP contribution < -0.4 is 10.6 Å². The molecule has 25 heavy (non-hydrogen) atoms. The van der Waals surface area contributed by atoms with Crippen LogP contribution in [-0.2, 0) is 14.3 Å². The molecule has 1 aliphatic carbocycles. The van der Waals surface area contributed by atoms with Crippen LogP contribution in [0.25, 0.3) is 0 Å². The van der Waals surface area contributed by atoms with Crippen LogP contribution >= 0.6 is 11.6 Å². The Morgan fingerprint density at radius 2 is 2.08 bits per heavy atom. The van der Waals surface area contributed by atoms with E-state index in [-0.39, 0.29) is 30.8 Å². The summed E-state index contributed by atoms with van der Waals surface area (Å²) in [6.45, 7) is 1.41. The molecule has 2 atom stereocenters. The largest absolute Gasteiger partial charge is 0.454 e. The van der Waals surface area contributed by atoms with Gasteiger partial charge in [0.2, 0.25) is 0 Å². The highest BCUT2D eigenvalue weighted by Gasteiger charge is 2.23. The number of carbonyl (C=O) groups is 3. The van der Waals surface area contributed by atoms with E-state index >= 15 is 0 Å². The van der Waals surface area contributed by atoms with Crippen LogP contribution in [0.2, 0.25) is 5.02 Å². The lowest BCUT2D eigenvalue weighted by Crippen LogP contribution is -2.43. The van der Waals surface area contributed by atoms with Crippen LogP contribution in [0.1, 0.15) is 43.1 Å². The second-order valence-corrected chi connectivity index (χ2v) is 6.57. The van der Waals surface area contributed by atoms with Crippen molar-refractivity contribution in [1.82, 2.24) is 15.6 Å². The van der Waals surface area contributed by atoms with Crippen molar-refractivity contribution in [2.45, 2.75) is 38.6 Å². The Hall–Kier alpha value is -2.15. The van der Waals surface area contributed by atoms with Gasteiger partial charge in [0.05, 0.1) is 0 Å². The predicted molar refractivity (Wildman–Crippen MR) is 92.1 cm³/mol. The number of nitrogens with zero attached hydrogens (tertiary/aromatic N) is 1. The lowest BCUT2D eigenvalue weighted by Gasteiger charge is -2.29. The molecule has 1 aliphatic rings. The molecule has 8 heteroatoms. The SMILES string of the molecule is C[C@H]1CCCC[C@H]1NC(=O)COC(=O)CNC(=O)c1cc(Cl)ccn1. The van der Waals surface area contributed by atoms with Gasteiger partial charge in [-0.3, -0.25) is 19.4 Å². The van der Waals surface area contributed by atoms with E-state index in [1.807, 2.05) is 0 Å². The van der Waals surface area contributed by atoms with Crippen molar-refractivity contribution in [3.05, 3.63) is 29.0 Å². The van der Waals surface area contributed by atoms with Crippen LogP contribution in [0.3, 0.4) is 0 Å². The summed E-state index contributed by atoms with van der Waals surface area (Å²) in [5, 5.41) is 5.64. The zero-order valence-corrected chi connectivity index (χ0v) is 14.8. The molecule has 0 aromatic carbocycles. The van der Waals surface area contributed by atoms with E-state index in [1.54, 1.807) is 6.07 Å². The van der Waals surface area contributed by atoms with Crippen molar-refractivity contribution < 1.29 is 19.1 Å². The monoisotopic (exact) mass is 367 g/mol. The molecule has 7 nitrogen and oxygen atoms in total. The molecule has 0 radical (unpaired) electrons. The van der Waals surface area contributed by atoms with Gasteiger partial charge in [0.15, 0.2) is 6.61 Å². The van der Waals surface area contributed by atoms with Crippen LogP contribution in [-0.4, -0.2) is 42.0 Å². The molecule has 0 aliphatic heterocycles. The predicted octanol–water partition coefficient (Wildman–Crippen LogP) is 1.70. The fraction of sp³-hybridized carbons (Fsp3) is 0.529.